The average Bonchev–Trinajstić information content (AvgIpc) is 3.10. The van der Waals surface area contributed by atoms with Crippen LogP contribution in [-0.2, 0) is 18.3 Å². The second-order valence-electron chi connectivity index (χ2n) is 5.62. The van der Waals surface area contributed by atoms with Crippen molar-refractivity contribution in [2.45, 2.75) is 45.9 Å². The Kier molecular flexibility index (Phi) is 4.10. The summed E-state index contributed by atoms with van der Waals surface area (Å²) in [5.41, 5.74) is 3.51. The number of nitrogens with zero attached hydrogens (tertiary/aromatic N) is 3. The molecule has 1 fully saturated rings. The maximum absolute atomic E-state index is 5.99. The molecule has 0 aromatic carbocycles. The predicted octanol–water partition coefficient (Wildman–Crippen LogP) is 2.42. The Labute approximate surface area is 129 Å². The normalized spacial score (nSPS) is 22.1. The van der Waals surface area contributed by atoms with Crippen molar-refractivity contribution < 1.29 is 4.74 Å². The van der Waals surface area contributed by atoms with Crippen LogP contribution < -0.4 is 5.32 Å². The van der Waals surface area contributed by atoms with Gasteiger partial charge in [0.05, 0.1) is 10.7 Å². The minimum Gasteiger partial charge on any atom is -0.372 e. The van der Waals surface area contributed by atoms with E-state index in [9.17, 15) is 0 Å². The Bertz CT molecular complexity index is 634. The maximum Gasteiger partial charge on any atom is 0.101 e. The van der Waals surface area contributed by atoms with Gasteiger partial charge in [0.15, 0.2) is 0 Å². The van der Waals surface area contributed by atoms with Gasteiger partial charge in [-0.25, -0.2) is 4.98 Å². The SMILES string of the molecule is Cc1ncc(CN[C@H]2CCO[C@@H]2c2c(C)nn(C)c2C)s1. The molecule has 6 heteroatoms. The number of nitrogens with one attached hydrogen (secondary N) is 1. The van der Waals surface area contributed by atoms with E-state index < -0.39 is 0 Å². The predicted molar refractivity (Wildman–Crippen MR) is 83.5 cm³/mol. The summed E-state index contributed by atoms with van der Waals surface area (Å²) in [5.74, 6) is 0. The van der Waals surface area contributed by atoms with Gasteiger partial charge in [-0.2, -0.15) is 5.10 Å². The third-order valence-electron chi connectivity index (χ3n) is 4.15. The van der Waals surface area contributed by atoms with Crippen LogP contribution in [0.5, 0.6) is 0 Å². The van der Waals surface area contributed by atoms with Crippen LogP contribution in [0.2, 0.25) is 0 Å². The maximum atomic E-state index is 5.99. The summed E-state index contributed by atoms with van der Waals surface area (Å²) in [4.78, 5) is 5.58. The van der Waals surface area contributed by atoms with Crippen LogP contribution in [0.4, 0.5) is 0 Å². The number of hydrogen-bond acceptors (Lipinski definition) is 5. The first kappa shape index (κ1) is 14.7. The molecule has 2 aromatic heterocycles. The van der Waals surface area contributed by atoms with Crippen molar-refractivity contribution in [3.8, 4) is 0 Å². The Balaban J connectivity index is 1.73. The van der Waals surface area contributed by atoms with Gasteiger partial charge < -0.3 is 10.1 Å². The van der Waals surface area contributed by atoms with Gasteiger partial charge in [-0.1, -0.05) is 0 Å². The fraction of sp³-hybridized carbons (Fsp3) is 0.600. The van der Waals surface area contributed by atoms with Crippen LogP contribution >= 0.6 is 11.3 Å². The molecular formula is C15H22N4OS. The van der Waals surface area contributed by atoms with Gasteiger partial charge in [-0.3, -0.25) is 4.68 Å². The van der Waals surface area contributed by atoms with Gasteiger partial charge in [0.25, 0.3) is 0 Å². The van der Waals surface area contributed by atoms with Crippen molar-refractivity contribution in [2.24, 2.45) is 7.05 Å². The minimum absolute atomic E-state index is 0.104. The molecule has 1 aliphatic heterocycles. The van der Waals surface area contributed by atoms with Gasteiger partial charge in [0, 0.05) is 48.6 Å². The molecule has 5 nitrogen and oxygen atoms in total. The van der Waals surface area contributed by atoms with Crippen LogP contribution in [0.1, 0.15) is 39.4 Å². The largest absolute Gasteiger partial charge is 0.372 e. The van der Waals surface area contributed by atoms with E-state index in [1.807, 2.05) is 24.9 Å². The fourth-order valence-electron chi connectivity index (χ4n) is 3.00. The van der Waals surface area contributed by atoms with Crippen molar-refractivity contribution in [2.75, 3.05) is 6.61 Å². The second-order valence-corrected chi connectivity index (χ2v) is 6.94. The highest BCUT2D eigenvalue weighted by molar-refractivity contribution is 7.11. The van der Waals surface area contributed by atoms with E-state index in [4.69, 9.17) is 4.74 Å². The number of hydrogen-bond donors (Lipinski definition) is 1. The lowest BCUT2D eigenvalue weighted by molar-refractivity contribution is 0.0974. The van der Waals surface area contributed by atoms with Crippen molar-refractivity contribution in [1.29, 1.82) is 0 Å². The molecule has 3 rings (SSSR count). The lowest BCUT2D eigenvalue weighted by atomic mass is 10.0. The second kappa shape index (κ2) is 5.87. The molecule has 0 amide bonds. The van der Waals surface area contributed by atoms with Gasteiger partial charge in [-0.05, 0) is 27.2 Å². The van der Waals surface area contributed by atoms with E-state index >= 15 is 0 Å². The quantitative estimate of drug-likeness (QED) is 0.942. The summed E-state index contributed by atoms with van der Waals surface area (Å²) < 4.78 is 7.93. The zero-order valence-corrected chi connectivity index (χ0v) is 13.8. The van der Waals surface area contributed by atoms with Gasteiger partial charge >= 0.3 is 0 Å². The summed E-state index contributed by atoms with van der Waals surface area (Å²) in [5, 5.41) is 9.26. The Morgan fingerprint density at radius 1 is 1.43 bits per heavy atom. The van der Waals surface area contributed by atoms with Crippen molar-refractivity contribution in [3.05, 3.63) is 33.0 Å². The Morgan fingerprint density at radius 2 is 2.24 bits per heavy atom. The van der Waals surface area contributed by atoms with Gasteiger partial charge in [0.2, 0.25) is 0 Å². The van der Waals surface area contributed by atoms with Crippen LogP contribution in [0.3, 0.4) is 0 Å². The number of rotatable bonds is 4. The molecule has 0 bridgehead atoms. The first-order valence-electron chi connectivity index (χ1n) is 7.32. The van der Waals surface area contributed by atoms with Crippen LogP contribution in [0.15, 0.2) is 6.20 Å². The number of thiazole rings is 1. The Morgan fingerprint density at radius 3 is 2.86 bits per heavy atom. The lowest BCUT2D eigenvalue weighted by Gasteiger charge is -2.20. The van der Waals surface area contributed by atoms with E-state index in [0.29, 0.717) is 6.04 Å². The zero-order chi connectivity index (χ0) is 15.0. The average molecular weight is 306 g/mol. The lowest BCUT2D eigenvalue weighted by Crippen LogP contribution is -2.31. The van der Waals surface area contributed by atoms with E-state index in [-0.39, 0.29) is 6.10 Å². The molecule has 0 radical (unpaired) electrons. The molecule has 1 aliphatic rings. The summed E-state index contributed by atoms with van der Waals surface area (Å²) >= 11 is 1.75. The number of aryl methyl sites for hydroxylation is 3. The molecule has 3 heterocycles. The summed E-state index contributed by atoms with van der Waals surface area (Å²) in [7, 11) is 1.99. The summed E-state index contributed by atoms with van der Waals surface area (Å²) in [6.07, 6.45) is 3.10. The smallest absolute Gasteiger partial charge is 0.101 e. The summed E-state index contributed by atoms with van der Waals surface area (Å²) in [6, 6.07) is 0.342. The van der Waals surface area contributed by atoms with Gasteiger partial charge in [0.1, 0.15) is 6.10 Å². The molecule has 1 saturated heterocycles. The molecule has 0 saturated carbocycles. The summed E-state index contributed by atoms with van der Waals surface area (Å²) in [6.45, 7) is 7.87. The topological polar surface area (TPSA) is 52.0 Å². The van der Waals surface area contributed by atoms with Gasteiger partial charge in [-0.15, -0.1) is 11.3 Å². The molecule has 0 spiro atoms. The van der Waals surface area contributed by atoms with E-state index in [1.54, 1.807) is 11.3 Å². The molecule has 114 valence electrons. The molecule has 1 N–H and O–H groups in total. The van der Waals surface area contributed by atoms with Crippen molar-refractivity contribution in [3.63, 3.8) is 0 Å². The molecular weight excluding hydrogens is 284 g/mol. The zero-order valence-electron chi connectivity index (χ0n) is 13.0. The highest BCUT2D eigenvalue weighted by Crippen LogP contribution is 2.33. The van der Waals surface area contributed by atoms with Crippen molar-refractivity contribution in [1.82, 2.24) is 20.1 Å². The molecule has 2 aromatic rings. The van der Waals surface area contributed by atoms with Crippen LogP contribution in [0.25, 0.3) is 0 Å². The monoisotopic (exact) mass is 306 g/mol. The van der Waals surface area contributed by atoms with E-state index in [0.717, 1.165) is 30.3 Å². The van der Waals surface area contributed by atoms with Crippen LogP contribution in [0, 0.1) is 20.8 Å². The standard InChI is InChI=1S/C15H22N4OS/c1-9-14(10(2)19(4)18-9)15-13(5-6-20-15)17-8-12-7-16-11(3)21-12/h7,13,15,17H,5-6,8H2,1-4H3/t13-,15-/m0/s1. The minimum atomic E-state index is 0.104. The molecule has 2 atom stereocenters. The molecule has 0 aliphatic carbocycles. The number of aromatic nitrogens is 3. The van der Waals surface area contributed by atoms with E-state index in [2.05, 4.69) is 29.2 Å². The van der Waals surface area contributed by atoms with E-state index in [1.165, 1.54) is 16.1 Å². The third kappa shape index (κ3) is 2.88. The highest BCUT2D eigenvalue weighted by atomic mass is 32.1. The third-order valence-corrected chi connectivity index (χ3v) is 5.06. The van der Waals surface area contributed by atoms with Crippen LogP contribution in [-0.4, -0.2) is 27.4 Å². The first-order valence-corrected chi connectivity index (χ1v) is 8.14. The fourth-order valence-corrected chi connectivity index (χ4v) is 3.75. The molecule has 0 unspecified atom stereocenters. The van der Waals surface area contributed by atoms with Crippen molar-refractivity contribution >= 4 is 11.3 Å². The highest BCUT2D eigenvalue weighted by Gasteiger charge is 2.33. The first-order chi connectivity index (χ1) is 10.1. The Hall–Kier alpha value is -1.24. The number of ether oxygens (including phenoxy) is 1. The molecule has 21 heavy (non-hydrogen) atoms.